The van der Waals surface area contributed by atoms with Gasteiger partial charge in [0.05, 0.1) is 0 Å². The number of nitrogens with zero attached hydrogens (tertiary/aromatic N) is 2. The molecule has 24 heavy (non-hydrogen) atoms. The number of hydrogen-bond donors (Lipinski definition) is 2. The van der Waals surface area contributed by atoms with Crippen molar-refractivity contribution in [3.05, 3.63) is 28.8 Å². The molecule has 0 saturated heterocycles. The lowest BCUT2D eigenvalue weighted by Gasteiger charge is -2.19. The van der Waals surface area contributed by atoms with Crippen molar-refractivity contribution in [1.82, 2.24) is 15.9 Å². The summed E-state index contributed by atoms with van der Waals surface area (Å²) in [7, 11) is 1.47. The summed E-state index contributed by atoms with van der Waals surface area (Å²) in [6, 6.07) is 5.02. The Kier molecular flexibility index (Phi) is 5.75. The highest BCUT2D eigenvalue weighted by Crippen LogP contribution is 2.20. The third kappa shape index (κ3) is 4.69. The minimum Gasteiger partial charge on any atom is -0.484 e. The predicted molar refractivity (Wildman–Crippen MR) is 87.4 cm³/mol. The summed E-state index contributed by atoms with van der Waals surface area (Å²) in [4.78, 5) is 34.8. The van der Waals surface area contributed by atoms with Gasteiger partial charge in [-0.05, 0) is 30.7 Å². The maximum Gasteiger partial charge on any atom is 0.285 e. The maximum absolute atomic E-state index is 11.9. The van der Waals surface area contributed by atoms with Crippen LogP contribution in [0.3, 0.4) is 0 Å². The molecule has 0 radical (unpaired) electrons. The summed E-state index contributed by atoms with van der Waals surface area (Å²) in [5.74, 6) is -0.765. The third-order valence-corrected chi connectivity index (χ3v) is 3.71. The first kappa shape index (κ1) is 17.7. The highest BCUT2D eigenvalue weighted by Gasteiger charge is 2.22. The van der Waals surface area contributed by atoms with Crippen molar-refractivity contribution in [2.24, 2.45) is 5.10 Å². The zero-order valence-electron chi connectivity index (χ0n) is 13.3. The minimum absolute atomic E-state index is 0.165. The van der Waals surface area contributed by atoms with Crippen molar-refractivity contribution in [3.8, 4) is 5.75 Å². The maximum atomic E-state index is 11.9. The van der Waals surface area contributed by atoms with Crippen molar-refractivity contribution < 1.29 is 19.1 Å². The third-order valence-electron chi connectivity index (χ3n) is 3.28. The van der Waals surface area contributed by atoms with Crippen LogP contribution in [0.15, 0.2) is 23.3 Å². The van der Waals surface area contributed by atoms with E-state index in [0.29, 0.717) is 10.8 Å². The monoisotopic (exact) mass is 352 g/mol. The molecule has 2 N–H and O–H groups in total. The van der Waals surface area contributed by atoms with Gasteiger partial charge >= 0.3 is 0 Å². The van der Waals surface area contributed by atoms with E-state index in [0.717, 1.165) is 10.6 Å². The van der Waals surface area contributed by atoms with Gasteiger partial charge in [0, 0.05) is 24.9 Å². The van der Waals surface area contributed by atoms with E-state index in [9.17, 15) is 14.4 Å². The molecule has 8 nitrogen and oxygen atoms in total. The SMILES string of the molecule is Cc1cc(OCC(=O)NNC(=O)C2=NN(C)C(=O)CC2)ccc1Cl. The zero-order chi connectivity index (χ0) is 17.7. The zero-order valence-corrected chi connectivity index (χ0v) is 14.0. The molecule has 1 aromatic carbocycles. The molecular formula is C15H17ClN4O4. The fourth-order valence-electron chi connectivity index (χ4n) is 1.92. The second-order valence-electron chi connectivity index (χ2n) is 5.17. The molecule has 128 valence electrons. The van der Waals surface area contributed by atoms with Crippen LogP contribution in [0.1, 0.15) is 18.4 Å². The van der Waals surface area contributed by atoms with E-state index in [1.54, 1.807) is 18.2 Å². The number of carbonyl (C=O) groups excluding carboxylic acids is 3. The summed E-state index contributed by atoms with van der Waals surface area (Å²) < 4.78 is 5.31. The first-order valence-electron chi connectivity index (χ1n) is 7.19. The number of benzene rings is 1. The molecule has 1 aromatic rings. The van der Waals surface area contributed by atoms with Gasteiger partial charge < -0.3 is 4.74 Å². The van der Waals surface area contributed by atoms with Gasteiger partial charge in [-0.15, -0.1) is 0 Å². The fourth-order valence-corrected chi connectivity index (χ4v) is 2.04. The lowest BCUT2D eigenvalue weighted by atomic mass is 10.1. The number of carbonyl (C=O) groups is 3. The van der Waals surface area contributed by atoms with E-state index in [1.165, 1.54) is 7.05 Å². The van der Waals surface area contributed by atoms with Crippen LogP contribution in [-0.2, 0) is 14.4 Å². The average Bonchev–Trinajstić information content (AvgIpc) is 2.56. The molecule has 0 atom stereocenters. The number of aryl methyl sites for hydroxylation is 1. The number of rotatable bonds is 4. The second-order valence-corrected chi connectivity index (χ2v) is 5.57. The van der Waals surface area contributed by atoms with E-state index in [-0.39, 0.29) is 31.1 Å². The Morgan fingerprint density at radius 1 is 1.33 bits per heavy atom. The van der Waals surface area contributed by atoms with Crippen LogP contribution in [0.4, 0.5) is 0 Å². The average molecular weight is 353 g/mol. The van der Waals surface area contributed by atoms with Crippen molar-refractivity contribution in [2.75, 3.05) is 13.7 Å². The molecule has 1 heterocycles. The summed E-state index contributed by atoms with van der Waals surface area (Å²) >= 11 is 5.90. The molecule has 0 aliphatic carbocycles. The normalized spacial score (nSPS) is 14.0. The van der Waals surface area contributed by atoms with Crippen molar-refractivity contribution in [2.45, 2.75) is 19.8 Å². The van der Waals surface area contributed by atoms with Crippen LogP contribution in [-0.4, -0.2) is 42.1 Å². The van der Waals surface area contributed by atoms with E-state index >= 15 is 0 Å². The van der Waals surface area contributed by atoms with E-state index < -0.39 is 11.8 Å². The molecule has 0 saturated carbocycles. The molecular weight excluding hydrogens is 336 g/mol. The molecule has 0 bridgehead atoms. The van der Waals surface area contributed by atoms with Gasteiger partial charge in [-0.3, -0.25) is 25.2 Å². The minimum atomic E-state index is -0.565. The van der Waals surface area contributed by atoms with Crippen LogP contribution in [0, 0.1) is 6.92 Å². The molecule has 0 aromatic heterocycles. The van der Waals surface area contributed by atoms with Crippen LogP contribution in [0.5, 0.6) is 5.75 Å². The van der Waals surface area contributed by atoms with Crippen molar-refractivity contribution >= 4 is 35.0 Å². The number of nitrogens with one attached hydrogen (secondary N) is 2. The molecule has 9 heteroatoms. The van der Waals surface area contributed by atoms with Gasteiger partial charge in [0.25, 0.3) is 11.8 Å². The van der Waals surface area contributed by atoms with E-state index in [1.807, 2.05) is 6.92 Å². The first-order chi connectivity index (χ1) is 11.4. The van der Waals surface area contributed by atoms with Crippen LogP contribution < -0.4 is 15.6 Å². The summed E-state index contributed by atoms with van der Waals surface area (Å²) in [5.41, 5.74) is 5.47. The van der Waals surface area contributed by atoms with Gasteiger partial charge in [0.2, 0.25) is 5.91 Å². The Morgan fingerprint density at radius 3 is 2.75 bits per heavy atom. The van der Waals surface area contributed by atoms with Gasteiger partial charge in [-0.2, -0.15) is 5.10 Å². The number of hydrazine groups is 1. The Balaban J connectivity index is 1.78. The Hall–Kier alpha value is -2.61. The number of hydrazone groups is 1. The van der Waals surface area contributed by atoms with E-state index in [4.69, 9.17) is 16.3 Å². The largest absolute Gasteiger partial charge is 0.484 e. The molecule has 1 aliphatic rings. The van der Waals surface area contributed by atoms with Crippen LogP contribution in [0.25, 0.3) is 0 Å². The summed E-state index contributed by atoms with van der Waals surface area (Å²) in [6.45, 7) is 1.55. The van der Waals surface area contributed by atoms with E-state index in [2.05, 4.69) is 16.0 Å². The smallest absolute Gasteiger partial charge is 0.285 e. The lowest BCUT2D eigenvalue weighted by molar-refractivity contribution is -0.131. The Labute approximate surface area is 143 Å². The number of halogens is 1. The van der Waals surface area contributed by atoms with Gasteiger partial charge in [-0.1, -0.05) is 11.6 Å². The van der Waals surface area contributed by atoms with Gasteiger partial charge in [0.1, 0.15) is 11.5 Å². The Bertz CT molecular complexity index is 705. The number of amides is 3. The van der Waals surface area contributed by atoms with Gasteiger partial charge in [-0.25, -0.2) is 5.01 Å². The number of ether oxygens (including phenoxy) is 1. The molecule has 0 fully saturated rings. The predicted octanol–water partition coefficient (Wildman–Crippen LogP) is 0.783. The van der Waals surface area contributed by atoms with Crippen molar-refractivity contribution in [1.29, 1.82) is 0 Å². The van der Waals surface area contributed by atoms with Gasteiger partial charge in [0.15, 0.2) is 6.61 Å². The number of hydrogen-bond acceptors (Lipinski definition) is 5. The molecule has 0 unspecified atom stereocenters. The molecule has 1 aliphatic heterocycles. The first-order valence-corrected chi connectivity index (χ1v) is 7.57. The molecule has 0 spiro atoms. The highest BCUT2D eigenvalue weighted by molar-refractivity contribution is 6.39. The molecule has 2 rings (SSSR count). The van der Waals surface area contributed by atoms with Crippen LogP contribution in [0.2, 0.25) is 5.02 Å². The highest BCUT2D eigenvalue weighted by atomic mass is 35.5. The fraction of sp³-hybridized carbons (Fsp3) is 0.333. The topological polar surface area (TPSA) is 100 Å². The summed E-state index contributed by atoms with van der Waals surface area (Å²) in [5, 5.41) is 5.56. The second kappa shape index (κ2) is 7.78. The Morgan fingerprint density at radius 2 is 2.08 bits per heavy atom. The summed E-state index contributed by atoms with van der Waals surface area (Å²) in [6.07, 6.45) is 0.432. The standard InChI is InChI=1S/C15H17ClN4O4/c1-9-7-10(3-4-11(9)16)24-8-13(21)17-18-15(23)12-5-6-14(22)20(2)19-12/h3-4,7H,5-6,8H2,1-2H3,(H,17,21)(H,18,23). The van der Waals surface area contributed by atoms with Crippen molar-refractivity contribution in [3.63, 3.8) is 0 Å². The lowest BCUT2D eigenvalue weighted by Crippen LogP contribution is -2.48. The quantitative estimate of drug-likeness (QED) is 0.782. The van der Waals surface area contributed by atoms with Crippen LogP contribution >= 0.6 is 11.6 Å². The molecule has 3 amide bonds.